The summed E-state index contributed by atoms with van der Waals surface area (Å²) in [7, 11) is 0. The summed E-state index contributed by atoms with van der Waals surface area (Å²) in [6.07, 6.45) is 1.69. The van der Waals surface area contributed by atoms with Crippen molar-refractivity contribution in [3.63, 3.8) is 0 Å². The van der Waals surface area contributed by atoms with Gasteiger partial charge in [0.05, 0.1) is 6.54 Å². The smallest absolute Gasteiger partial charge is 0.123 e. The van der Waals surface area contributed by atoms with Gasteiger partial charge in [0.2, 0.25) is 0 Å². The van der Waals surface area contributed by atoms with Crippen LogP contribution in [0.2, 0.25) is 0 Å². The van der Waals surface area contributed by atoms with Crippen molar-refractivity contribution in [2.24, 2.45) is 0 Å². The monoisotopic (exact) mass is 124 g/mol. The summed E-state index contributed by atoms with van der Waals surface area (Å²) in [4.78, 5) is 3.84. The predicted molar refractivity (Wildman–Crippen MR) is 35.2 cm³/mol. The summed E-state index contributed by atoms with van der Waals surface area (Å²) < 4.78 is 0. The molecule has 1 heterocycles. The summed E-state index contributed by atoms with van der Waals surface area (Å²) in [6.45, 7) is 0.771. The first-order chi connectivity index (χ1) is 4.33. The quantitative estimate of drug-likeness (QED) is 0.525. The Bertz CT molecular complexity index is 197. The van der Waals surface area contributed by atoms with Crippen molar-refractivity contribution in [2.75, 3.05) is 5.73 Å². The van der Waals surface area contributed by atoms with Crippen molar-refractivity contribution in [3.05, 3.63) is 23.9 Å². The minimum atomic E-state index is 0.566. The largest absolute Gasteiger partial charge is 0.384 e. The molecule has 9 heavy (non-hydrogen) atoms. The molecular weight excluding hydrogens is 114 g/mol. The predicted octanol–water partition coefficient (Wildman–Crippen LogP) is -0.594. The third-order valence-corrected chi connectivity index (χ3v) is 1.13. The normalized spacial score (nSPS) is 9.44. The minimum Gasteiger partial charge on any atom is -0.384 e. The van der Waals surface area contributed by atoms with Crippen molar-refractivity contribution < 1.29 is 5.73 Å². The van der Waals surface area contributed by atoms with Crippen LogP contribution in [0.3, 0.4) is 0 Å². The van der Waals surface area contributed by atoms with Crippen LogP contribution in [0.5, 0.6) is 0 Å². The third-order valence-electron chi connectivity index (χ3n) is 1.13. The number of rotatable bonds is 1. The van der Waals surface area contributed by atoms with E-state index in [0.717, 1.165) is 12.1 Å². The van der Waals surface area contributed by atoms with Gasteiger partial charge in [-0.25, -0.2) is 4.98 Å². The van der Waals surface area contributed by atoms with Crippen LogP contribution >= 0.6 is 0 Å². The van der Waals surface area contributed by atoms with E-state index in [-0.39, 0.29) is 0 Å². The van der Waals surface area contributed by atoms with Crippen LogP contribution in [-0.4, -0.2) is 4.98 Å². The maximum Gasteiger partial charge on any atom is 0.123 e. The lowest BCUT2D eigenvalue weighted by atomic mass is 10.3. The van der Waals surface area contributed by atoms with E-state index in [0.29, 0.717) is 5.82 Å². The van der Waals surface area contributed by atoms with Gasteiger partial charge in [-0.15, -0.1) is 0 Å². The highest BCUT2D eigenvalue weighted by atomic mass is 14.8. The number of nitrogens with zero attached hydrogens (tertiary/aromatic N) is 1. The fourth-order valence-corrected chi connectivity index (χ4v) is 0.650. The molecule has 1 aromatic heterocycles. The van der Waals surface area contributed by atoms with Gasteiger partial charge in [-0.3, -0.25) is 0 Å². The Labute approximate surface area is 53.7 Å². The van der Waals surface area contributed by atoms with E-state index in [4.69, 9.17) is 5.73 Å². The molecule has 0 aromatic carbocycles. The third kappa shape index (κ3) is 1.40. The molecule has 5 N–H and O–H groups in total. The van der Waals surface area contributed by atoms with Gasteiger partial charge in [-0.1, -0.05) is 0 Å². The first-order valence-corrected chi connectivity index (χ1v) is 2.82. The maximum absolute atomic E-state index is 5.40. The van der Waals surface area contributed by atoms with Gasteiger partial charge in [0.25, 0.3) is 0 Å². The number of nitrogen functional groups attached to an aromatic ring is 1. The number of aromatic nitrogens is 1. The summed E-state index contributed by atoms with van der Waals surface area (Å²) in [5.41, 5.74) is 10.2. The summed E-state index contributed by atoms with van der Waals surface area (Å²) in [5, 5.41) is 0. The van der Waals surface area contributed by atoms with Gasteiger partial charge in [0, 0.05) is 11.8 Å². The van der Waals surface area contributed by atoms with Gasteiger partial charge < -0.3 is 11.5 Å². The first-order valence-electron chi connectivity index (χ1n) is 2.82. The second-order valence-corrected chi connectivity index (χ2v) is 1.84. The van der Waals surface area contributed by atoms with Crippen molar-refractivity contribution in [2.45, 2.75) is 6.54 Å². The highest BCUT2D eigenvalue weighted by Crippen LogP contribution is 1.99. The highest BCUT2D eigenvalue weighted by molar-refractivity contribution is 5.31. The maximum atomic E-state index is 5.40. The van der Waals surface area contributed by atoms with Crippen LogP contribution in [-0.2, 0) is 6.54 Å². The SMILES string of the molecule is Nc1cc(C[NH3+])ccn1. The van der Waals surface area contributed by atoms with Crippen LogP contribution in [0.4, 0.5) is 5.82 Å². The molecule has 0 spiro atoms. The van der Waals surface area contributed by atoms with Crippen LogP contribution in [0.25, 0.3) is 0 Å². The number of quaternary nitrogens is 1. The lowest BCUT2D eigenvalue weighted by Crippen LogP contribution is -2.47. The summed E-state index contributed by atoms with van der Waals surface area (Å²) >= 11 is 0. The Morgan fingerprint density at radius 1 is 1.67 bits per heavy atom. The lowest BCUT2D eigenvalue weighted by molar-refractivity contribution is -0.386. The topological polar surface area (TPSA) is 66.5 Å². The molecule has 48 valence electrons. The second-order valence-electron chi connectivity index (χ2n) is 1.84. The van der Waals surface area contributed by atoms with Gasteiger partial charge in [-0.2, -0.15) is 0 Å². The zero-order valence-electron chi connectivity index (χ0n) is 5.17. The van der Waals surface area contributed by atoms with Crippen molar-refractivity contribution in [3.8, 4) is 0 Å². The molecule has 0 aliphatic carbocycles. The van der Waals surface area contributed by atoms with Crippen LogP contribution < -0.4 is 11.5 Å². The molecular formula is C6H10N3+. The second kappa shape index (κ2) is 2.46. The zero-order chi connectivity index (χ0) is 6.69. The van der Waals surface area contributed by atoms with Crippen molar-refractivity contribution >= 4 is 5.82 Å². The van der Waals surface area contributed by atoms with E-state index in [1.54, 1.807) is 6.20 Å². The van der Waals surface area contributed by atoms with Crippen molar-refractivity contribution in [1.29, 1.82) is 0 Å². The van der Waals surface area contributed by atoms with E-state index in [2.05, 4.69) is 10.7 Å². The molecule has 3 nitrogen and oxygen atoms in total. The molecule has 0 fully saturated rings. The Balaban J connectivity index is 2.94. The molecule has 0 saturated carbocycles. The van der Waals surface area contributed by atoms with Gasteiger partial charge in [0.1, 0.15) is 5.82 Å². The fraction of sp³-hybridized carbons (Fsp3) is 0.167. The van der Waals surface area contributed by atoms with Crippen LogP contribution in [0.15, 0.2) is 18.3 Å². The first kappa shape index (κ1) is 6.04. The lowest BCUT2D eigenvalue weighted by Gasteiger charge is -1.92. The molecule has 3 heteroatoms. The summed E-state index contributed by atoms with van der Waals surface area (Å²) in [5.74, 6) is 0.566. The van der Waals surface area contributed by atoms with E-state index in [1.807, 2.05) is 12.1 Å². The molecule has 0 aliphatic rings. The van der Waals surface area contributed by atoms with E-state index in [1.165, 1.54) is 0 Å². The van der Waals surface area contributed by atoms with Crippen LogP contribution in [0.1, 0.15) is 5.56 Å². The number of anilines is 1. The highest BCUT2D eigenvalue weighted by Gasteiger charge is 1.89. The van der Waals surface area contributed by atoms with E-state index >= 15 is 0 Å². The molecule has 0 radical (unpaired) electrons. The molecule has 0 saturated heterocycles. The number of nitrogens with two attached hydrogens (primary N) is 1. The van der Waals surface area contributed by atoms with Gasteiger partial charge >= 0.3 is 0 Å². The summed E-state index contributed by atoms with van der Waals surface area (Å²) in [6, 6.07) is 3.73. The molecule has 0 aliphatic heterocycles. The molecule has 1 aromatic rings. The van der Waals surface area contributed by atoms with Crippen LogP contribution in [0, 0.1) is 0 Å². The zero-order valence-corrected chi connectivity index (χ0v) is 5.17. The Morgan fingerprint density at radius 2 is 2.44 bits per heavy atom. The molecule has 1 rings (SSSR count). The average Bonchev–Trinajstić information content (AvgIpc) is 1.88. The molecule has 0 bridgehead atoms. The number of pyridine rings is 1. The standard InChI is InChI=1S/C6H9N3/c7-4-5-1-2-9-6(8)3-5/h1-3H,4,7H2,(H2,8,9)/p+1. The Hall–Kier alpha value is -1.09. The van der Waals surface area contributed by atoms with E-state index in [9.17, 15) is 0 Å². The van der Waals surface area contributed by atoms with Gasteiger partial charge in [-0.05, 0) is 12.1 Å². The number of hydrogen-bond acceptors (Lipinski definition) is 2. The van der Waals surface area contributed by atoms with Gasteiger partial charge in [0.15, 0.2) is 0 Å². The molecule has 0 unspecified atom stereocenters. The number of hydrogen-bond donors (Lipinski definition) is 2. The molecule has 0 atom stereocenters. The molecule has 0 amide bonds. The fourth-order valence-electron chi connectivity index (χ4n) is 0.650. The average molecular weight is 124 g/mol. The Morgan fingerprint density at radius 3 is 2.89 bits per heavy atom. The van der Waals surface area contributed by atoms with E-state index < -0.39 is 0 Å². The Kier molecular flexibility index (Phi) is 1.65. The van der Waals surface area contributed by atoms with Crippen molar-refractivity contribution in [1.82, 2.24) is 4.98 Å². The minimum absolute atomic E-state index is 0.566.